The van der Waals surface area contributed by atoms with E-state index in [-0.39, 0.29) is 30.5 Å². The van der Waals surface area contributed by atoms with Gasteiger partial charge < -0.3 is 15.7 Å². The Morgan fingerprint density at radius 3 is 2.48 bits per heavy atom. The second-order valence-electron chi connectivity index (χ2n) is 5.31. The van der Waals surface area contributed by atoms with Crippen LogP contribution in [0.4, 0.5) is 8.78 Å². The molecule has 0 fully saturated rings. The van der Waals surface area contributed by atoms with Gasteiger partial charge in [-0.25, -0.2) is 8.78 Å². The van der Waals surface area contributed by atoms with E-state index >= 15 is 0 Å². The van der Waals surface area contributed by atoms with Gasteiger partial charge in [0.1, 0.15) is 11.6 Å². The maximum Gasteiger partial charge on any atom is 0.222 e. The molecule has 0 radical (unpaired) electrons. The predicted molar refractivity (Wildman–Crippen MR) is 81.5 cm³/mol. The lowest BCUT2D eigenvalue weighted by molar-refractivity contribution is -0.123. The van der Waals surface area contributed by atoms with Gasteiger partial charge in [0.15, 0.2) is 0 Å². The van der Waals surface area contributed by atoms with Crippen molar-refractivity contribution in [2.24, 2.45) is 0 Å². The molecule has 0 aliphatic heterocycles. The van der Waals surface area contributed by atoms with Crippen molar-refractivity contribution < 1.29 is 23.5 Å². The van der Waals surface area contributed by atoms with E-state index in [1.807, 2.05) is 6.92 Å². The van der Waals surface area contributed by atoms with Gasteiger partial charge in [-0.3, -0.25) is 9.59 Å². The molecular weight excluding hydrogens is 306 g/mol. The Morgan fingerprint density at radius 1 is 1.26 bits per heavy atom. The third-order valence-electron chi connectivity index (χ3n) is 3.44. The number of carbonyl (C=O) groups is 2. The Balaban J connectivity index is 2.86. The van der Waals surface area contributed by atoms with Gasteiger partial charge in [-0.05, 0) is 18.9 Å². The summed E-state index contributed by atoms with van der Waals surface area (Å²) in [6.45, 7) is 3.07. The van der Waals surface area contributed by atoms with Crippen LogP contribution in [0.3, 0.4) is 0 Å². The summed E-state index contributed by atoms with van der Waals surface area (Å²) in [5, 5.41) is 14.2. The minimum atomic E-state index is -0.889. The minimum Gasteiger partial charge on any atom is -0.396 e. The lowest BCUT2D eigenvalue weighted by atomic mass is 10.0. The largest absolute Gasteiger partial charge is 0.396 e. The van der Waals surface area contributed by atoms with E-state index in [1.165, 1.54) is 13.0 Å². The lowest BCUT2D eigenvalue weighted by Gasteiger charge is -2.21. The molecule has 3 N–H and O–H groups in total. The van der Waals surface area contributed by atoms with Crippen LogP contribution in [0, 0.1) is 11.6 Å². The maximum absolute atomic E-state index is 13.9. The fourth-order valence-electron chi connectivity index (χ4n) is 2.27. The Bertz CT molecular complexity index is 552. The number of carbonyl (C=O) groups excluding carboxylic acids is 2. The predicted octanol–water partition coefficient (Wildman–Crippen LogP) is 1.81. The van der Waals surface area contributed by atoms with Crippen LogP contribution in [-0.4, -0.2) is 29.6 Å². The van der Waals surface area contributed by atoms with Gasteiger partial charge in [0, 0.05) is 31.2 Å². The third-order valence-corrected chi connectivity index (χ3v) is 3.44. The van der Waals surface area contributed by atoms with Crippen LogP contribution in [0.25, 0.3) is 0 Å². The van der Waals surface area contributed by atoms with Crippen LogP contribution in [0.2, 0.25) is 0 Å². The molecule has 7 heteroatoms. The normalized spacial score (nSPS) is 13.3. The number of hydrogen-bond acceptors (Lipinski definition) is 3. The SMILES string of the molecule is CCC(CCO)NC(=O)CC(NC(C)=O)c1ccc(F)cc1F. The number of aliphatic hydroxyl groups excluding tert-OH is 1. The van der Waals surface area contributed by atoms with Crippen molar-refractivity contribution in [2.75, 3.05) is 6.61 Å². The average molecular weight is 328 g/mol. The van der Waals surface area contributed by atoms with Gasteiger partial charge in [0.25, 0.3) is 0 Å². The molecule has 2 atom stereocenters. The molecule has 0 aromatic heterocycles. The summed E-state index contributed by atoms with van der Waals surface area (Å²) in [6.07, 6.45) is 0.879. The first-order chi connectivity index (χ1) is 10.9. The maximum atomic E-state index is 13.9. The number of hydrogen-bond donors (Lipinski definition) is 3. The highest BCUT2D eigenvalue weighted by Crippen LogP contribution is 2.21. The van der Waals surface area contributed by atoms with Crippen molar-refractivity contribution in [1.29, 1.82) is 0 Å². The van der Waals surface area contributed by atoms with E-state index in [2.05, 4.69) is 10.6 Å². The van der Waals surface area contributed by atoms with Crippen LogP contribution < -0.4 is 10.6 Å². The number of benzene rings is 1. The molecular formula is C16H22F2N2O3. The zero-order chi connectivity index (χ0) is 17.4. The molecule has 2 amide bonds. The highest BCUT2D eigenvalue weighted by molar-refractivity contribution is 5.79. The molecule has 1 aromatic rings. The molecule has 0 saturated carbocycles. The molecule has 2 unspecified atom stereocenters. The van der Waals surface area contributed by atoms with E-state index in [0.29, 0.717) is 18.9 Å². The van der Waals surface area contributed by atoms with Crippen molar-refractivity contribution in [2.45, 2.75) is 45.2 Å². The molecule has 0 aliphatic carbocycles. The van der Waals surface area contributed by atoms with E-state index in [1.54, 1.807) is 0 Å². The molecule has 0 saturated heterocycles. The van der Waals surface area contributed by atoms with Crippen molar-refractivity contribution in [3.63, 3.8) is 0 Å². The summed E-state index contributed by atoms with van der Waals surface area (Å²) in [7, 11) is 0. The zero-order valence-corrected chi connectivity index (χ0v) is 13.2. The monoisotopic (exact) mass is 328 g/mol. The first-order valence-electron chi connectivity index (χ1n) is 7.49. The van der Waals surface area contributed by atoms with Crippen LogP contribution in [-0.2, 0) is 9.59 Å². The average Bonchev–Trinajstić information content (AvgIpc) is 2.45. The highest BCUT2D eigenvalue weighted by atomic mass is 19.1. The van der Waals surface area contributed by atoms with Crippen LogP contribution in [0.15, 0.2) is 18.2 Å². The smallest absolute Gasteiger partial charge is 0.222 e. The number of amides is 2. The van der Waals surface area contributed by atoms with Gasteiger partial charge in [-0.2, -0.15) is 0 Å². The van der Waals surface area contributed by atoms with E-state index < -0.39 is 23.6 Å². The molecule has 1 aromatic carbocycles. The van der Waals surface area contributed by atoms with Crippen LogP contribution in [0.1, 0.15) is 44.7 Å². The summed E-state index contributed by atoms with van der Waals surface area (Å²) >= 11 is 0. The summed E-state index contributed by atoms with van der Waals surface area (Å²) in [6, 6.07) is 1.92. The standard InChI is InChI=1S/C16H22F2N2O3/c1-3-12(6-7-21)20-16(23)9-15(19-10(2)22)13-5-4-11(17)8-14(13)18/h4-5,8,12,15,21H,3,6-7,9H2,1-2H3,(H,19,22)(H,20,23). The molecule has 0 aliphatic rings. The van der Waals surface area contributed by atoms with Crippen molar-refractivity contribution in [3.8, 4) is 0 Å². The van der Waals surface area contributed by atoms with Gasteiger partial charge in [-0.1, -0.05) is 13.0 Å². The van der Waals surface area contributed by atoms with Gasteiger partial charge in [-0.15, -0.1) is 0 Å². The summed E-state index contributed by atoms with van der Waals surface area (Å²) in [5.41, 5.74) is 0.0481. The zero-order valence-electron chi connectivity index (χ0n) is 13.2. The first kappa shape index (κ1) is 19.0. The summed E-state index contributed by atoms with van der Waals surface area (Å²) < 4.78 is 26.9. The Morgan fingerprint density at radius 2 is 1.96 bits per heavy atom. The molecule has 1 rings (SSSR count). The molecule has 0 bridgehead atoms. The number of nitrogens with one attached hydrogen (secondary N) is 2. The summed E-state index contributed by atoms with van der Waals surface area (Å²) in [5.74, 6) is -2.35. The fourth-order valence-corrected chi connectivity index (χ4v) is 2.27. The Labute approximate surface area is 134 Å². The molecule has 23 heavy (non-hydrogen) atoms. The Hall–Kier alpha value is -2.02. The minimum absolute atomic E-state index is 0.0481. The Kier molecular flexibility index (Phi) is 7.61. The van der Waals surface area contributed by atoms with E-state index in [9.17, 15) is 18.4 Å². The number of rotatable bonds is 8. The van der Waals surface area contributed by atoms with Crippen LogP contribution in [0.5, 0.6) is 0 Å². The van der Waals surface area contributed by atoms with Crippen LogP contribution >= 0.6 is 0 Å². The molecule has 128 valence electrons. The molecule has 0 heterocycles. The molecule has 5 nitrogen and oxygen atoms in total. The first-order valence-corrected chi connectivity index (χ1v) is 7.49. The van der Waals surface area contributed by atoms with Gasteiger partial charge in [0.05, 0.1) is 12.5 Å². The quantitative estimate of drug-likeness (QED) is 0.681. The number of aliphatic hydroxyl groups is 1. The van der Waals surface area contributed by atoms with E-state index in [0.717, 1.165) is 6.07 Å². The lowest BCUT2D eigenvalue weighted by Crippen LogP contribution is -2.38. The van der Waals surface area contributed by atoms with E-state index in [4.69, 9.17) is 5.11 Å². The van der Waals surface area contributed by atoms with Gasteiger partial charge >= 0.3 is 0 Å². The fraction of sp³-hybridized carbons (Fsp3) is 0.500. The van der Waals surface area contributed by atoms with Crippen molar-refractivity contribution in [1.82, 2.24) is 10.6 Å². The third kappa shape index (κ3) is 6.32. The van der Waals surface area contributed by atoms with Gasteiger partial charge in [0.2, 0.25) is 11.8 Å². The topological polar surface area (TPSA) is 78.4 Å². The summed E-state index contributed by atoms with van der Waals surface area (Å²) in [4.78, 5) is 23.4. The highest BCUT2D eigenvalue weighted by Gasteiger charge is 2.22. The number of halogens is 2. The van der Waals surface area contributed by atoms with Crippen molar-refractivity contribution in [3.05, 3.63) is 35.4 Å². The second kappa shape index (κ2) is 9.19. The van der Waals surface area contributed by atoms with Crippen molar-refractivity contribution >= 4 is 11.8 Å². The molecule has 0 spiro atoms. The second-order valence-corrected chi connectivity index (χ2v) is 5.31.